The zero-order chi connectivity index (χ0) is 40.0. The lowest BCUT2D eigenvalue weighted by atomic mass is 10.0. The second kappa shape index (κ2) is 36.8. The maximum absolute atomic E-state index is 12.7. The van der Waals surface area contributed by atoms with Crippen LogP contribution in [-0.4, -0.2) is 74.9 Å². The molecule has 0 aromatic carbocycles. The summed E-state index contributed by atoms with van der Waals surface area (Å²) in [5.41, 5.74) is 0. The molecule has 0 heterocycles. The Morgan fingerprint density at radius 3 is 1.52 bits per heavy atom. The highest BCUT2D eigenvalue weighted by atomic mass is 31.2. The van der Waals surface area contributed by atoms with E-state index in [1.165, 1.54) is 96.3 Å². The zero-order valence-corrected chi connectivity index (χ0v) is 36.3. The minimum Gasteiger partial charge on any atom is -0.462 e. The maximum atomic E-state index is 12.7. The minimum absolute atomic E-state index is 0.0264. The fraction of sp³-hybridized carbons (Fsp3) is 0.818. The number of unbranched alkanes of at least 4 members (excludes halogenated alkanes) is 19. The number of hydrogen-bond acceptors (Lipinski definition) is 7. The monoisotopic (exact) mass is 785 g/mol. The van der Waals surface area contributed by atoms with Gasteiger partial charge in [-0.1, -0.05) is 153 Å². The Balaban J connectivity index is 4.42. The molecule has 0 amide bonds. The highest BCUT2D eigenvalue weighted by molar-refractivity contribution is 7.47. The van der Waals surface area contributed by atoms with Gasteiger partial charge >= 0.3 is 19.8 Å². The van der Waals surface area contributed by atoms with E-state index >= 15 is 0 Å². The van der Waals surface area contributed by atoms with Gasteiger partial charge in [0.15, 0.2) is 6.10 Å². The second-order valence-corrected chi connectivity index (χ2v) is 17.2. The van der Waals surface area contributed by atoms with Crippen molar-refractivity contribution < 1.29 is 42.1 Å². The first-order valence-corrected chi connectivity index (χ1v) is 23.2. The Morgan fingerprint density at radius 2 is 1.00 bits per heavy atom. The van der Waals surface area contributed by atoms with E-state index < -0.39 is 32.5 Å². The molecule has 1 unspecified atom stereocenters. The molecule has 0 radical (unpaired) electrons. The van der Waals surface area contributed by atoms with Crippen molar-refractivity contribution in [2.45, 2.75) is 187 Å². The number of phosphoric ester groups is 1. The van der Waals surface area contributed by atoms with Crippen molar-refractivity contribution in [3.8, 4) is 0 Å². The molecule has 2 atom stereocenters. The fourth-order valence-electron chi connectivity index (χ4n) is 5.73. The number of carbonyl (C=O) groups excluding carboxylic acids is 2. The summed E-state index contributed by atoms with van der Waals surface area (Å²) in [5.74, 6) is -0.840. The maximum Gasteiger partial charge on any atom is 0.472 e. The predicted molar refractivity (Wildman–Crippen MR) is 224 cm³/mol. The van der Waals surface area contributed by atoms with Crippen molar-refractivity contribution >= 4 is 19.8 Å². The summed E-state index contributed by atoms with van der Waals surface area (Å²) >= 11 is 0. The third-order valence-electron chi connectivity index (χ3n) is 9.17. The molecule has 0 rings (SSSR count). The lowest BCUT2D eigenvalue weighted by molar-refractivity contribution is -0.870. The Bertz CT molecular complexity index is 1020. The van der Waals surface area contributed by atoms with E-state index in [0.29, 0.717) is 23.9 Å². The van der Waals surface area contributed by atoms with Gasteiger partial charge in [0, 0.05) is 12.8 Å². The van der Waals surface area contributed by atoms with Gasteiger partial charge in [-0.15, -0.1) is 0 Å². The lowest BCUT2D eigenvalue weighted by Crippen LogP contribution is -2.37. The Morgan fingerprint density at radius 1 is 0.574 bits per heavy atom. The number of nitrogens with zero attached hydrogens (tertiary/aromatic N) is 1. The van der Waals surface area contributed by atoms with Crippen LogP contribution in [0.1, 0.15) is 181 Å². The van der Waals surface area contributed by atoms with Crippen LogP contribution in [0.15, 0.2) is 36.5 Å². The van der Waals surface area contributed by atoms with E-state index in [1.807, 2.05) is 21.1 Å². The number of allylic oxidation sites excluding steroid dienone is 6. The molecule has 9 nitrogen and oxygen atoms in total. The number of phosphoric acid groups is 1. The van der Waals surface area contributed by atoms with Crippen LogP contribution >= 0.6 is 7.82 Å². The van der Waals surface area contributed by atoms with Crippen LogP contribution < -0.4 is 0 Å². The summed E-state index contributed by atoms with van der Waals surface area (Å²) in [4.78, 5) is 35.3. The van der Waals surface area contributed by atoms with Gasteiger partial charge in [-0.2, -0.15) is 0 Å². The SMILES string of the molecule is CCCCC/C=C\C/C=C\C/C=C\CCCCC(=O)OC[C@H](COP(=O)(O)OCC[N+](C)(C)C)OC(=O)CCCCCCCCCCCCCCCCC. The number of esters is 2. The molecular weight excluding hydrogens is 701 g/mol. The molecule has 0 aromatic heterocycles. The second-order valence-electron chi connectivity index (χ2n) is 15.7. The summed E-state index contributed by atoms with van der Waals surface area (Å²) < 4.78 is 34.2. The first kappa shape index (κ1) is 52.2. The zero-order valence-electron chi connectivity index (χ0n) is 35.5. The topological polar surface area (TPSA) is 108 Å². The molecular formula is C44H83NO8P+. The molecule has 0 aliphatic carbocycles. The molecule has 0 saturated carbocycles. The smallest absolute Gasteiger partial charge is 0.462 e. The lowest BCUT2D eigenvalue weighted by Gasteiger charge is -2.24. The van der Waals surface area contributed by atoms with Gasteiger partial charge in [0.05, 0.1) is 27.7 Å². The van der Waals surface area contributed by atoms with Crippen LogP contribution in [0.2, 0.25) is 0 Å². The van der Waals surface area contributed by atoms with Crippen LogP contribution in [0.4, 0.5) is 0 Å². The van der Waals surface area contributed by atoms with Crippen molar-refractivity contribution in [2.75, 3.05) is 47.5 Å². The molecule has 0 saturated heterocycles. The molecule has 316 valence electrons. The van der Waals surface area contributed by atoms with Crippen molar-refractivity contribution in [1.29, 1.82) is 0 Å². The van der Waals surface area contributed by atoms with Crippen LogP contribution in [0.25, 0.3) is 0 Å². The van der Waals surface area contributed by atoms with Gasteiger partial charge in [0.25, 0.3) is 0 Å². The molecule has 0 bridgehead atoms. The van der Waals surface area contributed by atoms with Gasteiger partial charge in [-0.3, -0.25) is 18.6 Å². The average molecular weight is 785 g/mol. The molecule has 0 aliphatic heterocycles. The van der Waals surface area contributed by atoms with E-state index in [1.54, 1.807) is 0 Å². The molecule has 0 aromatic rings. The highest BCUT2D eigenvalue weighted by Crippen LogP contribution is 2.43. The van der Waals surface area contributed by atoms with E-state index in [0.717, 1.165) is 44.9 Å². The van der Waals surface area contributed by atoms with Crippen molar-refractivity contribution in [1.82, 2.24) is 0 Å². The van der Waals surface area contributed by atoms with Crippen molar-refractivity contribution in [3.63, 3.8) is 0 Å². The van der Waals surface area contributed by atoms with Gasteiger partial charge in [0.2, 0.25) is 0 Å². The number of carbonyl (C=O) groups is 2. The third kappa shape index (κ3) is 39.9. The number of hydrogen-bond donors (Lipinski definition) is 1. The van der Waals surface area contributed by atoms with Crippen LogP contribution in [-0.2, 0) is 32.7 Å². The molecule has 1 N–H and O–H groups in total. The Labute approximate surface area is 331 Å². The first-order valence-electron chi connectivity index (χ1n) is 21.7. The molecule has 0 spiro atoms. The van der Waals surface area contributed by atoms with Crippen LogP contribution in [0, 0.1) is 0 Å². The molecule has 0 fully saturated rings. The van der Waals surface area contributed by atoms with Crippen molar-refractivity contribution in [2.24, 2.45) is 0 Å². The quantitative estimate of drug-likeness (QED) is 0.0216. The summed E-state index contributed by atoms with van der Waals surface area (Å²) in [6.45, 7) is 4.35. The van der Waals surface area contributed by atoms with E-state index in [9.17, 15) is 19.0 Å². The minimum atomic E-state index is -4.38. The average Bonchev–Trinajstić information content (AvgIpc) is 3.12. The molecule has 10 heteroatoms. The van der Waals surface area contributed by atoms with Gasteiger partial charge in [-0.25, -0.2) is 4.57 Å². The van der Waals surface area contributed by atoms with E-state index in [2.05, 4.69) is 50.3 Å². The normalized spacial score (nSPS) is 14.0. The van der Waals surface area contributed by atoms with Crippen LogP contribution in [0.5, 0.6) is 0 Å². The van der Waals surface area contributed by atoms with Gasteiger partial charge < -0.3 is 18.9 Å². The fourth-order valence-corrected chi connectivity index (χ4v) is 6.47. The number of likely N-dealkylation sites (N-methyl/N-ethyl adjacent to an activating group) is 1. The Hall–Kier alpha value is -1.77. The third-order valence-corrected chi connectivity index (χ3v) is 10.2. The summed E-state index contributed by atoms with van der Waals surface area (Å²) in [7, 11) is 1.46. The first-order chi connectivity index (χ1) is 26.0. The Kier molecular flexibility index (Phi) is 35.6. The number of rotatable bonds is 39. The highest BCUT2D eigenvalue weighted by Gasteiger charge is 2.27. The van der Waals surface area contributed by atoms with E-state index in [4.69, 9.17) is 18.5 Å². The standard InChI is InChI=1S/C44H82NO8P/c1-6-8-10-12-14-16-18-20-22-24-26-28-30-32-34-36-43(46)50-40-42(41-52-54(48,49)51-39-38-45(3,4)5)53-44(47)37-35-33-31-29-27-25-23-21-19-17-15-13-11-9-7-2/h14,16,20,22,26,28,42H,6-13,15,17-19,21,23-25,27,29-41H2,1-5H3/p+1/b16-14-,22-20-,28-26-/t42-/m1/s1. The number of ether oxygens (including phenoxy) is 2. The molecule has 0 aliphatic rings. The van der Waals surface area contributed by atoms with Gasteiger partial charge in [0.1, 0.15) is 19.8 Å². The summed E-state index contributed by atoms with van der Waals surface area (Å²) in [5, 5.41) is 0. The largest absolute Gasteiger partial charge is 0.472 e. The number of quaternary nitrogens is 1. The summed E-state index contributed by atoms with van der Waals surface area (Å²) in [6, 6.07) is 0. The van der Waals surface area contributed by atoms with Crippen molar-refractivity contribution in [3.05, 3.63) is 36.5 Å². The summed E-state index contributed by atoms with van der Waals surface area (Å²) in [6.07, 6.45) is 40.5. The van der Waals surface area contributed by atoms with Crippen LogP contribution in [0.3, 0.4) is 0 Å². The predicted octanol–water partition coefficient (Wildman–Crippen LogP) is 12.1. The van der Waals surface area contributed by atoms with E-state index in [-0.39, 0.29) is 26.1 Å². The molecule has 54 heavy (non-hydrogen) atoms. The van der Waals surface area contributed by atoms with Gasteiger partial charge in [-0.05, 0) is 51.4 Å².